The first-order valence-electron chi connectivity index (χ1n) is 13.5. The van der Waals surface area contributed by atoms with Gasteiger partial charge in [0.05, 0.1) is 0 Å². The predicted molar refractivity (Wildman–Crippen MR) is 131 cm³/mol. The molecule has 0 spiro atoms. The second-order valence-electron chi connectivity index (χ2n) is 13.5. The quantitative estimate of drug-likeness (QED) is 0.304. The Kier molecular flexibility index (Phi) is 4.66. The van der Waals surface area contributed by atoms with E-state index < -0.39 is 7.14 Å². The van der Waals surface area contributed by atoms with Crippen LogP contribution in [0.5, 0.6) is 0 Å². The second kappa shape index (κ2) is 6.78. The average molecular weight is 398 g/mol. The van der Waals surface area contributed by atoms with Gasteiger partial charge in [-0.15, -0.1) is 0 Å². The fourth-order valence-corrected chi connectivity index (χ4v) is 19.1. The van der Waals surface area contributed by atoms with Crippen molar-refractivity contribution in [2.45, 2.75) is 113 Å². The molecule has 8 bridgehead atoms. The predicted octanol–water partition coefficient (Wildman–Crippen LogP) is 5.44. The van der Waals surface area contributed by atoms with Gasteiger partial charge in [-0.2, -0.15) is 0 Å². The van der Waals surface area contributed by atoms with Crippen LogP contribution in [-0.4, -0.2) is 31.9 Å². The first-order chi connectivity index (χ1) is 13.5. The van der Waals surface area contributed by atoms with E-state index in [0.29, 0.717) is 0 Å². The fraction of sp³-hybridized carbons (Fsp3) is 1.00. The fourth-order valence-electron chi connectivity index (χ4n) is 11.6. The van der Waals surface area contributed by atoms with E-state index >= 15 is 0 Å². The standard InChI is InChI=1S/C25H45B2P/c26-4-2-1-3-5-28(27,24-12-18-6-19(13-24)8-20(7-18)14-24)25-15-21-9-22(16-25)11-23(10-21)17-25/h18-23,28H,1-17,26-27H2. The van der Waals surface area contributed by atoms with Crippen molar-refractivity contribution in [1.82, 2.24) is 0 Å². The Labute approximate surface area is 177 Å². The Morgan fingerprint density at radius 1 is 0.571 bits per heavy atom. The van der Waals surface area contributed by atoms with E-state index in [2.05, 4.69) is 15.4 Å². The van der Waals surface area contributed by atoms with Gasteiger partial charge in [0, 0.05) is 0 Å². The second-order valence-corrected chi connectivity index (χ2v) is 18.8. The van der Waals surface area contributed by atoms with Gasteiger partial charge < -0.3 is 0 Å². The third-order valence-electron chi connectivity index (χ3n) is 11.9. The Bertz CT molecular complexity index is 499. The molecule has 8 rings (SSSR count). The molecule has 28 heavy (non-hydrogen) atoms. The van der Waals surface area contributed by atoms with E-state index in [0.717, 1.165) is 45.8 Å². The molecule has 0 nitrogen and oxygen atoms in total. The van der Waals surface area contributed by atoms with Crippen molar-refractivity contribution in [2.24, 2.45) is 35.5 Å². The van der Waals surface area contributed by atoms with Gasteiger partial charge in [0.2, 0.25) is 0 Å². The summed E-state index contributed by atoms with van der Waals surface area (Å²) < 4.78 is 0. The molecule has 0 atom stereocenters. The summed E-state index contributed by atoms with van der Waals surface area (Å²) in [6.45, 7) is 0. The maximum atomic E-state index is 3.05. The Hall–Kier alpha value is 0.560. The molecule has 156 valence electrons. The van der Waals surface area contributed by atoms with Gasteiger partial charge in [-0.05, 0) is 0 Å². The van der Waals surface area contributed by atoms with Crippen molar-refractivity contribution >= 4 is 22.6 Å². The number of hydrogen-bond donors (Lipinski definition) is 0. The molecule has 0 N–H and O–H groups in total. The molecule has 0 radical (unpaired) electrons. The van der Waals surface area contributed by atoms with Gasteiger partial charge in [-0.25, -0.2) is 0 Å². The molecule has 0 heterocycles. The van der Waals surface area contributed by atoms with Gasteiger partial charge >= 0.3 is 177 Å². The SMILES string of the molecule is BCCCCC[PH](B)(C12CC3CC(CC(C3)C1)C2)C12CC3CC(CC(C3)C1)C2. The number of rotatable bonds is 7. The molecule has 0 amide bonds. The molecule has 0 saturated heterocycles. The van der Waals surface area contributed by atoms with Crippen molar-refractivity contribution in [2.75, 3.05) is 6.16 Å². The molecule has 0 aromatic rings. The molecular weight excluding hydrogens is 353 g/mol. The van der Waals surface area contributed by atoms with Crippen LogP contribution in [0, 0.1) is 35.5 Å². The van der Waals surface area contributed by atoms with Crippen LogP contribution in [0.2, 0.25) is 6.32 Å². The van der Waals surface area contributed by atoms with Crippen molar-refractivity contribution in [1.29, 1.82) is 0 Å². The third kappa shape index (κ3) is 2.74. The van der Waals surface area contributed by atoms with Crippen molar-refractivity contribution in [3.8, 4) is 0 Å². The van der Waals surface area contributed by atoms with E-state index in [4.69, 9.17) is 0 Å². The van der Waals surface area contributed by atoms with Crippen molar-refractivity contribution < 1.29 is 0 Å². The maximum absolute atomic E-state index is 3.05. The molecule has 8 aliphatic carbocycles. The van der Waals surface area contributed by atoms with Crippen LogP contribution in [-0.2, 0) is 0 Å². The van der Waals surface area contributed by atoms with Gasteiger partial charge in [0.25, 0.3) is 0 Å². The zero-order chi connectivity index (χ0) is 19.0. The van der Waals surface area contributed by atoms with E-state index in [1.54, 1.807) is 89.6 Å². The van der Waals surface area contributed by atoms with Gasteiger partial charge in [-0.1, -0.05) is 0 Å². The zero-order valence-corrected chi connectivity index (χ0v) is 20.0. The van der Waals surface area contributed by atoms with Crippen LogP contribution in [0.25, 0.3) is 0 Å². The summed E-state index contributed by atoms with van der Waals surface area (Å²) in [5, 5.41) is 1.78. The molecule has 3 heteroatoms. The van der Waals surface area contributed by atoms with Crippen molar-refractivity contribution in [3.63, 3.8) is 0 Å². The topological polar surface area (TPSA) is 0 Å². The first kappa shape index (κ1) is 19.3. The van der Waals surface area contributed by atoms with E-state index in [1.165, 1.54) is 19.2 Å². The Balaban J connectivity index is 1.37. The van der Waals surface area contributed by atoms with E-state index in [9.17, 15) is 0 Å². The molecular formula is C25H45B2P. The Morgan fingerprint density at radius 3 is 1.25 bits per heavy atom. The van der Waals surface area contributed by atoms with Crippen LogP contribution < -0.4 is 0 Å². The summed E-state index contributed by atoms with van der Waals surface area (Å²) in [5.41, 5.74) is 0. The number of unbranched alkanes of at least 4 members (excludes halogenated alkanes) is 2. The molecule has 0 unspecified atom stereocenters. The molecule has 8 aliphatic rings. The van der Waals surface area contributed by atoms with Crippen molar-refractivity contribution in [3.05, 3.63) is 0 Å². The summed E-state index contributed by atoms with van der Waals surface area (Å²) in [6.07, 6.45) is 27.8. The summed E-state index contributed by atoms with van der Waals surface area (Å²) in [6, 6.07) is 0. The van der Waals surface area contributed by atoms with Crippen LogP contribution in [0.3, 0.4) is 0 Å². The minimum atomic E-state index is -1.30. The zero-order valence-electron chi connectivity index (χ0n) is 19.0. The molecule has 8 saturated carbocycles. The van der Waals surface area contributed by atoms with E-state index in [1.807, 2.05) is 0 Å². The summed E-state index contributed by atoms with van der Waals surface area (Å²) in [5.74, 6) is 6.93. The summed E-state index contributed by atoms with van der Waals surface area (Å²) in [7, 11) is 4.15. The van der Waals surface area contributed by atoms with Gasteiger partial charge in [0.15, 0.2) is 0 Å². The third-order valence-corrected chi connectivity index (χ3v) is 19.2. The number of hydrogen-bond acceptors (Lipinski definition) is 0. The molecule has 0 aromatic heterocycles. The first-order valence-corrected chi connectivity index (χ1v) is 16.2. The molecule has 0 aliphatic heterocycles. The minimum absolute atomic E-state index is 0.889. The van der Waals surface area contributed by atoms with Crippen LogP contribution in [0.15, 0.2) is 0 Å². The average Bonchev–Trinajstić information content (AvgIpc) is 2.62. The van der Waals surface area contributed by atoms with Crippen LogP contribution in [0.4, 0.5) is 0 Å². The Morgan fingerprint density at radius 2 is 0.929 bits per heavy atom. The van der Waals surface area contributed by atoms with Gasteiger partial charge in [-0.3, -0.25) is 0 Å². The van der Waals surface area contributed by atoms with Crippen LogP contribution >= 0.6 is 7.14 Å². The van der Waals surface area contributed by atoms with E-state index in [-0.39, 0.29) is 0 Å². The molecule has 8 fully saturated rings. The normalized spacial score (nSPS) is 51.7. The summed E-state index contributed by atoms with van der Waals surface area (Å²) >= 11 is 0. The summed E-state index contributed by atoms with van der Waals surface area (Å²) in [4.78, 5) is 0. The monoisotopic (exact) mass is 398 g/mol. The molecule has 0 aromatic carbocycles. The van der Waals surface area contributed by atoms with Gasteiger partial charge in [0.1, 0.15) is 0 Å². The van der Waals surface area contributed by atoms with Crippen LogP contribution in [0.1, 0.15) is 96.3 Å².